The van der Waals surface area contributed by atoms with Crippen molar-refractivity contribution in [3.05, 3.63) is 41.3 Å². The number of anilines is 1. The maximum Gasteiger partial charge on any atom is 0.341 e. The maximum atomic E-state index is 12.6. The van der Waals surface area contributed by atoms with Crippen molar-refractivity contribution in [1.82, 2.24) is 5.32 Å². The van der Waals surface area contributed by atoms with E-state index >= 15 is 0 Å². The molecule has 1 atom stereocenters. The molecule has 0 fully saturated rings. The summed E-state index contributed by atoms with van der Waals surface area (Å²) in [6.45, 7) is 0.587. The van der Waals surface area contributed by atoms with Gasteiger partial charge in [0.1, 0.15) is 16.7 Å². The molecule has 27 heavy (non-hydrogen) atoms. The molecule has 0 aliphatic heterocycles. The van der Waals surface area contributed by atoms with Crippen LogP contribution in [0.1, 0.15) is 17.3 Å². The Kier molecular flexibility index (Phi) is 7.73. The summed E-state index contributed by atoms with van der Waals surface area (Å²) in [5.41, 5.74) is 1.66. The van der Waals surface area contributed by atoms with Crippen molar-refractivity contribution >= 4 is 63.0 Å². The molecular weight excluding hydrogens is 438 g/mol. The van der Waals surface area contributed by atoms with Crippen LogP contribution in [0.2, 0.25) is 0 Å². The van der Waals surface area contributed by atoms with E-state index in [1.807, 2.05) is 30.3 Å². The van der Waals surface area contributed by atoms with Crippen molar-refractivity contribution in [3.8, 4) is 11.1 Å². The van der Waals surface area contributed by atoms with Gasteiger partial charge in [-0.2, -0.15) is 0 Å². The molecule has 2 N–H and O–H groups in total. The number of alkyl halides is 4. The normalized spacial score (nSPS) is 12.3. The van der Waals surface area contributed by atoms with Crippen LogP contribution in [0.15, 0.2) is 35.7 Å². The number of ether oxygens (including phenoxy) is 1. The molecule has 0 spiro atoms. The summed E-state index contributed by atoms with van der Waals surface area (Å²) in [6, 6.07) is 9.20. The highest BCUT2D eigenvalue weighted by Gasteiger charge is 2.36. The zero-order valence-corrected chi connectivity index (χ0v) is 17.2. The van der Waals surface area contributed by atoms with E-state index in [9.17, 15) is 14.0 Å². The summed E-state index contributed by atoms with van der Waals surface area (Å²) in [5.74, 6) is -1.53. The predicted octanol–water partition coefficient (Wildman–Crippen LogP) is 4.79. The molecule has 1 heterocycles. The molecule has 1 aromatic carbocycles. The molecule has 2 rings (SSSR count). The van der Waals surface area contributed by atoms with E-state index in [0.717, 1.165) is 5.56 Å². The molecular formula is C17H16Cl3FN2O3S. The highest BCUT2D eigenvalue weighted by molar-refractivity contribution is 7.15. The highest BCUT2D eigenvalue weighted by atomic mass is 35.6. The average molecular weight is 454 g/mol. The van der Waals surface area contributed by atoms with E-state index in [1.165, 1.54) is 11.3 Å². The fourth-order valence-corrected chi connectivity index (χ4v) is 3.54. The van der Waals surface area contributed by atoms with Crippen molar-refractivity contribution in [3.63, 3.8) is 0 Å². The Balaban J connectivity index is 2.44. The Hall–Kier alpha value is -1.54. The number of hydrogen-bond donors (Lipinski definition) is 2. The van der Waals surface area contributed by atoms with Crippen molar-refractivity contribution in [1.29, 1.82) is 0 Å². The van der Waals surface area contributed by atoms with Crippen molar-refractivity contribution in [2.24, 2.45) is 0 Å². The lowest BCUT2D eigenvalue weighted by Crippen LogP contribution is -2.49. The number of carbonyl (C=O) groups excluding carboxylic acids is 2. The van der Waals surface area contributed by atoms with E-state index in [-0.39, 0.29) is 12.2 Å². The number of nitrogens with one attached hydrogen (secondary N) is 2. The van der Waals surface area contributed by atoms with Gasteiger partial charge in [0.15, 0.2) is 6.67 Å². The van der Waals surface area contributed by atoms with Gasteiger partial charge in [0, 0.05) is 10.9 Å². The Morgan fingerprint density at radius 2 is 1.93 bits per heavy atom. The monoisotopic (exact) mass is 452 g/mol. The van der Waals surface area contributed by atoms with Crippen LogP contribution in [0.25, 0.3) is 11.1 Å². The second kappa shape index (κ2) is 9.59. The Morgan fingerprint density at radius 3 is 2.48 bits per heavy atom. The first-order valence-corrected chi connectivity index (χ1v) is 9.81. The Bertz CT molecular complexity index is 796. The zero-order chi connectivity index (χ0) is 20.0. The van der Waals surface area contributed by atoms with Crippen LogP contribution in [0.3, 0.4) is 0 Å². The largest absolute Gasteiger partial charge is 0.462 e. The molecule has 146 valence electrons. The number of amides is 1. The molecule has 0 aliphatic carbocycles. The number of esters is 1. The van der Waals surface area contributed by atoms with Crippen LogP contribution < -0.4 is 10.6 Å². The third-order valence-electron chi connectivity index (χ3n) is 3.38. The van der Waals surface area contributed by atoms with E-state index in [1.54, 1.807) is 12.3 Å². The molecule has 0 saturated heterocycles. The fourth-order valence-electron chi connectivity index (χ4n) is 2.23. The SMILES string of the molecule is CCOC(=O)c1c(-c2ccccc2)csc1NC(NC(=O)CF)C(Cl)(Cl)Cl. The van der Waals surface area contributed by atoms with Crippen molar-refractivity contribution in [2.45, 2.75) is 16.9 Å². The number of benzene rings is 1. The number of carbonyl (C=O) groups is 2. The minimum absolute atomic E-state index is 0.175. The number of thiophene rings is 1. The zero-order valence-electron chi connectivity index (χ0n) is 14.1. The van der Waals surface area contributed by atoms with Gasteiger partial charge in [-0.3, -0.25) is 4.79 Å². The van der Waals surface area contributed by atoms with Crippen LogP contribution >= 0.6 is 46.1 Å². The molecule has 0 saturated carbocycles. The minimum atomic E-state index is -1.99. The average Bonchev–Trinajstić information content (AvgIpc) is 3.05. The van der Waals surface area contributed by atoms with Gasteiger partial charge in [0.25, 0.3) is 5.91 Å². The van der Waals surface area contributed by atoms with E-state index < -0.39 is 28.5 Å². The lowest BCUT2D eigenvalue weighted by atomic mass is 10.0. The van der Waals surface area contributed by atoms with Gasteiger partial charge in [0.2, 0.25) is 3.79 Å². The number of rotatable bonds is 7. The summed E-state index contributed by atoms with van der Waals surface area (Å²) in [6.07, 6.45) is -1.26. The molecule has 1 aromatic heterocycles. The van der Waals surface area contributed by atoms with Crippen LogP contribution in [0, 0.1) is 0 Å². The van der Waals surface area contributed by atoms with Gasteiger partial charge in [-0.05, 0) is 12.5 Å². The summed E-state index contributed by atoms with van der Waals surface area (Å²) in [5, 5.41) is 7.11. The predicted molar refractivity (Wildman–Crippen MR) is 108 cm³/mol. The molecule has 1 unspecified atom stereocenters. The molecule has 0 aliphatic rings. The Morgan fingerprint density at radius 1 is 1.26 bits per heavy atom. The maximum absolute atomic E-state index is 12.6. The van der Waals surface area contributed by atoms with E-state index in [4.69, 9.17) is 39.5 Å². The van der Waals surface area contributed by atoms with E-state index in [0.29, 0.717) is 10.6 Å². The molecule has 5 nitrogen and oxygen atoms in total. The van der Waals surface area contributed by atoms with Gasteiger partial charge in [-0.25, -0.2) is 9.18 Å². The topological polar surface area (TPSA) is 67.4 Å². The summed E-state index contributed by atoms with van der Waals surface area (Å²) in [7, 11) is 0. The fraction of sp³-hybridized carbons (Fsp3) is 0.294. The van der Waals surface area contributed by atoms with Gasteiger partial charge in [-0.15, -0.1) is 11.3 Å². The second-order valence-corrected chi connectivity index (χ2v) is 8.51. The summed E-state index contributed by atoms with van der Waals surface area (Å²) < 4.78 is 15.7. The van der Waals surface area contributed by atoms with Gasteiger partial charge >= 0.3 is 5.97 Å². The van der Waals surface area contributed by atoms with Crippen LogP contribution in [0.5, 0.6) is 0 Å². The smallest absolute Gasteiger partial charge is 0.341 e. The lowest BCUT2D eigenvalue weighted by molar-refractivity contribution is -0.122. The minimum Gasteiger partial charge on any atom is -0.462 e. The third-order valence-corrected chi connectivity index (χ3v) is 4.95. The number of hydrogen-bond acceptors (Lipinski definition) is 5. The Labute approximate surface area is 174 Å². The number of halogens is 4. The summed E-state index contributed by atoms with van der Waals surface area (Å²) in [4.78, 5) is 23.9. The van der Waals surface area contributed by atoms with Gasteiger partial charge < -0.3 is 15.4 Å². The highest BCUT2D eigenvalue weighted by Crippen LogP contribution is 2.39. The summed E-state index contributed by atoms with van der Waals surface area (Å²) >= 11 is 18.8. The molecule has 0 radical (unpaired) electrons. The van der Waals surface area contributed by atoms with Crippen molar-refractivity contribution < 1.29 is 18.7 Å². The van der Waals surface area contributed by atoms with Gasteiger partial charge in [0.05, 0.1) is 6.61 Å². The van der Waals surface area contributed by atoms with Crippen LogP contribution in [0.4, 0.5) is 9.39 Å². The second-order valence-electron chi connectivity index (χ2n) is 5.26. The first kappa shape index (κ1) is 21.8. The van der Waals surface area contributed by atoms with Crippen molar-refractivity contribution in [2.75, 3.05) is 18.6 Å². The first-order chi connectivity index (χ1) is 12.8. The molecule has 10 heteroatoms. The molecule has 0 bridgehead atoms. The lowest BCUT2D eigenvalue weighted by Gasteiger charge is -2.26. The van der Waals surface area contributed by atoms with Gasteiger partial charge in [-0.1, -0.05) is 65.1 Å². The third kappa shape index (κ3) is 5.72. The quantitative estimate of drug-likeness (QED) is 0.359. The van der Waals surface area contributed by atoms with Crippen LogP contribution in [-0.2, 0) is 9.53 Å². The molecule has 1 amide bonds. The molecule has 2 aromatic rings. The van der Waals surface area contributed by atoms with E-state index in [2.05, 4.69) is 10.6 Å². The standard InChI is InChI=1S/C17H16Cl3FN2O3S/c1-2-26-15(25)13-11(10-6-4-3-5-7-10)9-27-14(13)23-16(17(18,19)20)22-12(24)8-21/h3-7,9,16,23H,2,8H2,1H3,(H,22,24). The van der Waals surface area contributed by atoms with Crippen LogP contribution in [-0.4, -0.2) is 35.1 Å². The first-order valence-electron chi connectivity index (χ1n) is 7.80.